The molecule has 0 spiro atoms. The summed E-state index contributed by atoms with van der Waals surface area (Å²) in [4.78, 5) is 9.27. The molecule has 23 heavy (non-hydrogen) atoms. The van der Waals surface area contributed by atoms with E-state index in [1.165, 1.54) is 0 Å². The summed E-state index contributed by atoms with van der Waals surface area (Å²) in [6, 6.07) is 7.64. The number of hydrogen-bond acceptors (Lipinski definition) is 5. The molecular weight excluding hydrogens is 312 g/mol. The van der Waals surface area contributed by atoms with Crippen molar-refractivity contribution in [3.63, 3.8) is 0 Å². The van der Waals surface area contributed by atoms with Gasteiger partial charge in [-0.3, -0.25) is 4.98 Å². The maximum atomic E-state index is 5.77. The first-order valence-electron chi connectivity index (χ1n) is 7.21. The summed E-state index contributed by atoms with van der Waals surface area (Å²) in [6.45, 7) is 1.48. The van der Waals surface area contributed by atoms with Crippen LogP contribution in [0.3, 0.4) is 0 Å². The number of rotatable bonds is 3. The van der Waals surface area contributed by atoms with Crippen LogP contribution in [0, 0.1) is 0 Å². The second-order valence-corrected chi connectivity index (χ2v) is 5.74. The van der Waals surface area contributed by atoms with Gasteiger partial charge in [-0.25, -0.2) is 4.98 Å². The van der Waals surface area contributed by atoms with Gasteiger partial charge in [-0.1, -0.05) is 12.2 Å². The summed E-state index contributed by atoms with van der Waals surface area (Å²) in [6.07, 6.45) is 3.49. The predicted octanol–water partition coefficient (Wildman–Crippen LogP) is 2.16. The van der Waals surface area contributed by atoms with Gasteiger partial charge in [-0.2, -0.15) is 0 Å². The highest BCUT2D eigenvalue weighted by Crippen LogP contribution is 2.36. The molecule has 0 saturated carbocycles. The van der Waals surface area contributed by atoms with Crippen LogP contribution in [0.2, 0.25) is 0 Å². The summed E-state index contributed by atoms with van der Waals surface area (Å²) in [7, 11) is 0. The van der Waals surface area contributed by atoms with Crippen molar-refractivity contribution in [3.05, 3.63) is 36.7 Å². The van der Waals surface area contributed by atoms with Crippen molar-refractivity contribution in [1.82, 2.24) is 14.5 Å². The SMILES string of the molecule is NC(=S)Cn1c(-c2cccnc2)nc2cc3c(cc21)OCCO3. The zero-order valence-electron chi connectivity index (χ0n) is 12.2. The Morgan fingerprint density at radius 1 is 1.26 bits per heavy atom. The molecule has 2 aromatic heterocycles. The Bertz CT molecular complexity index is 892. The third kappa shape index (κ3) is 2.49. The first kappa shape index (κ1) is 14.0. The van der Waals surface area contributed by atoms with Crippen LogP contribution in [0.5, 0.6) is 11.5 Å². The lowest BCUT2D eigenvalue weighted by Gasteiger charge is -2.18. The topological polar surface area (TPSA) is 75.2 Å². The molecule has 0 radical (unpaired) electrons. The van der Waals surface area contributed by atoms with Crippen molar-refractivity contribution < 1.29 is 9.47 Å². The fourth-order valence-electron chi connectivity index (χ4n) is 2.69. The highest BCUT2D eigenvalue weighted by molar-refractivity contribution is 7.80. The summed E-state index contributed by atoms with van der Waals surface area (Å²) in [5, 5.41) is 0. The van der Waals surface area contributed by atoms with Crippen molar-refractivity contribution in [3.8, 4) is 22.9 Å². The highest BCUT2D eigenvalue weighted by Gasteiger charge is 2.19. The van der Waals surface area contributed by atoms with E-state index in [0.29, 0.717) is 36.2 Å². The van der Waals surface area contributed by atoms with Crippen LogP contribution in [0.4, 0.5) is 0 Å². The smallest absolute Gasteiger partial charge is 0.163 e. The fraction of sp³-hybridized carbons (Fsp3) is 0.188. The summed E-state index contributed by atoms with van der Waals surface area (Å²) >= 11 is 5.09. The molecule has 7 heteroatoms. The molecule has 3 heterocycles. The van der Waals surface area contributed by atoms with Gasteiger partial charge in [-0.05, 0) is 12.1 Å². The zero-order valence-corrected chi connectivity index (χ0v) is 13.0. The minimum absolute atomic E-state index is 0.393. The Labute approximate surface area is 137 Å². The molecule has 0 aliphatic carbocycles. The number of fused-ring (bicyclic) bond motifs is 2. The van der Waals surface area contributed by atoms with E-state index in [2.05, 4.69) is 4.98 Å². The van der Waals surface area contributed by atoms with Crippen LogP contribution in [0.15, 0.2) is 36.7 Å². The van der Waals surface area contributed by atoms with Crippen molar-refractivity contribution in [2.75, 3.05) is 13.2 Å². The maximum Gasteiger partial charge on any atom is 0.163 e. The lowest BCUT2D eigenvalue weighted by molar-refractivity contribution is 0.172. The number of ether oxygens (including phenoxy) is 2. The minimum atomic E-state index is 0.393. The molecule has 1 aromatic carbocycles. The number of nitrogens with two attached hydrogens (primary N) is 1. The molecule has 0 amide bonds. The van der Waals surface area contributed by atoms with Gasteiger partial charge >= 0.3 is 0 Å². The third-order valence-corrected chi connectivity index (χ3v) is 3.77. The lowest BCUT2D eigenvalue weighted by Crippen LogP contribution is -2.18. The summed E-state index contributed by atoms with van der Waals surface area (Å²) < 4.78 is 13.3. The number of pyridine rings is 1. The number of benzene rings is 1. The van der Waals surface area contributed by atoms with Crippen LogP contribution in [0.1, 0.15) is 0 Å². The standard InChI is InChI=1S/C16H14N4O2S/c17-15(23)9-20-12-7-14-13(21-4-5-22-14)6-11(12)19-16(20)10-2-1-3-18-8-10/h1-3,6-8H,4-5,9H2,(H2,17,23). The van der Waals surface area contributed by atoms with Gasteiger partial charge in [0.1, 0.15) is 19.0 Å². The number of imidazole rings is 1. The van der Waals surface area contributed by atoms with Crippen LogP contribution in [0.25, 0.3) is 22.4 Å². The van der Waals surface area contributed by atoms with Gasteiger partial charge in [0, 0.05) is 30.1 Å². The molecule has 3 aromatic rings. The zero-order chi connectivity index (χ0) is 15.8. The average molecular weight is 326 g/mol. The molecule has 0 unspecified atom stereocenters. The summed E-state index contributed by atoms with van der Waals surface area (Å²) in [5.41, 5.74) is 8.39. The largest absolute Gasteiger partial charge is 0.486 e. The van der Waals surface area contributed by atoms with Crippen LogP contribution >= 0.6 is 12.2 Å². The normalized spacial score (nSPS) is 13.2. The van der Waals surface area contributed by atoms with Gasteiger partial charge in [0.2, 0.25) is 0 Å². The Kier molecular flexibility index (Phi) is 3.34. The average Bonchev–Trinajstić information content (AvgIpc) is 2.91. The molecule has 6 nitrogen and oxygen atoms in total. The molecule has 116 valence electrons. The van der Waals surface area contributed by atoms with Gasteiger partial charge in [0.05, 0.1) is 22.6 Å². The third-order valence-electron chi connectivity index (χ3n) is 3.65. The number of aromatic nitrogens is 3. The van der Waals surface area contributed by atoms with Gasteiger partial charge in [0.25, 0.3) is 0 Å². The molecular formula is C16H14N4O2S. The molecule has 0 saturated heterocycles. The van der Waals surface area contributed by atoms with Crippen molar-refractivity contribution in [1.29, 1.82) is 0 Å². The predicted molar refractivity (Wildman–Crippen MR) is 90.7 cm³/mol. The Morgan fingerprint density at radius 2 is 2.04 bits per heavy atom. The molecule has 0 atom stereocenters. The van der Waals surface area contributed by atoms with Crippen molar-refractivity contribution in [2.45, 2.75) is 6.54 Å². The number of thiocarbonyl (C=S) groups is 1. The Hall–Kier alpha value is -2.67. The van der Waals surface area contributed by atoms with Crippen LogP contribution in [-0.2, 0) is 6.54 Å². The van der Waals surface area contributed by atoms with E-state index in [4.69, 9.17) is 32.4 Å². The quantitative estimate of drug-likeness (QED) is 0.743. The molecule has 0 fully saturated rings. The van der Waals surface area contributed by atoms with E-state index in [1.807, 2.05) is 28.8 Å². The van der Waals surface area contributed by atoms with Crippen LogP contribution in [-0.4, -0.2) is 32.7 Å². The van der Waals surface area contributed by atoms with Gasteiger partial charge in [-0.15, -0.1) is 0 Å². The van der Waals surface area contributed by atoms with Crippen molar-refractivity contribution in [2.24, 2.45) is 5.73 Å². The fourth-order valence-corrected chi connectivity index (χ4v) is 2.82. The van der Waals surface area contributed by atoms with E-state index in [1.54, 1.807) is 12.4 Å². The van der Waals surface area contributed by atoms with Gasteiger partial charge in [0.15, 0.2) is 11.5 Å². The second-order valence-electron chi connectivity index (χ2n) is 5.21. The van der Waals surface area contributed by atoms with E-state index >= 15 is 0 Å². The number of nitrogens with zero attached hydrogens (tertiary/aromatic N) is 3. The minimum Gasteiger partial charge on any atom is -0.486 e. The highest BCUT2D eigenvalue weighted by atomic mass is 32.1. The lowest BCUT2D eigenvalue weighted by atomic mass is 10.2. The molecule has 0 bridgehead atoms. The second kappa shape index (κ2) is 5.51. The van der Waals surface area contributed by atoms with E-state index < -0.39 is 0 Å². The van der Waals surface area contributed by atoms with E-state index in [-0.39, 0.29) is 0 Å². The van der Waals surface area contributed by atoms with E-state index in [9.17, 15) is 0 Å². The number of hydrogen-bond donors (Lipinski definition) is 1. The first-order valence-corrected chi connectivity index (χ1v) is 7.62. The Balaban J connectivity index is 1.96. The molecule has 1 aliphatic heterocycles. The van der Waals surface area contributed by atoms with E-state index in [0.717, 1.165) is 22.4 Å². The molecule has 2 N–H and O–H groups in total. The first-order chi connectivity index (χ1) is 11.2. The Morgan fingerprint density at radius 3 is 2.74 bits per heavy atom. The van der Waals surface area contributed by atoms with Crippen molar-refractivity contribution >= 4 is 28.2 Å². The maximum absolute atomic E-state index is 5.77. The van der Waals surface area contributed by atoms with Crippen LogP contribution < -0.4 is 15.2 Å². The van der Waals surface area contributed by atoms with Gasteiger partial charge < -0.3 is 19.8 Å². The molecule has 1 aliphatic rings. The molecule has 4 rings (SSSR count). The monoisotopic (exact) mass is 326 g/mol. The summed E-state index contributed by atoms with van der Waals surface area (Å²) in [5.74, 6) is 2.19.